The molecule has 0 aliphatic heterocycles. The Bertz CT molecular complexity index is 844. The highest BCUT2D eigenvalue weighted by molar-refractivity contribution is 5.89. The van der Waals surface area contributed by atoms with Gasteiger partial charge in [0.15, 0.2) is 5.78 Å². The molecule has 0 aliphatic rings. The lowest BCUT2D eigenvalue weighted by Gasteiger charge is -2.18. The van der Waals surface area contributed by atoms with E-state index in [1.165, 1.54) is 0 Å². The zero-order valence-corrected chi connectivity index (χ0v) is 18.0. The van der Waals surface area contributed by atoms with Crippen molar-refractivity contribution < 1.29 is 14.7 Å². The van der Waals surface area contributed by atoms with E-state index in [1.807, 2.05) is 44.2 Å². The number of phenols is 1. The van der Waals surface area contributed by atoms with E-state index in [2.05, 4.69) is 5.32 Å². The molecule has 0 bridgehead atoms. The number of carbonyl (C=O) groups excluding carboxylic acids is 2. The lowest BCUT2D eigenvalue weighted by molar-refractivity contribution is -0.129. The summed E-state index contributed by atoms with van der Waals surface area (Å²) < 4.78 is 0. The summed E-state index contributed by atoms with van der Waals surface area (Å²) in [5.41, 5.74) is 16.1. The molecule has 0 aliphatic carbocycles. The van der Waals surface area contributed by atoms with Gasteiger partial charge in [-0.05, 0) is 61.1 Å². The maximum atomic E-state index is 12.6. The van der Waals surface area contributed by atoms with Crippen molar-refractivity contribution in [2.24, 2.45) is 17.4 Å². The molecule has 2 aromatic rings. The minimum atomic E-state index is -0.692. The Hall–Kier alpha value is -2.70. The first-order chi connectivity index (χ1) is 14.2. The van der Waals surface area contributed by atoms with Gasteiger partial charge in [-0.1, -0.05) is 37.3 Å². The second kappa shape index (κ2) is 10.9. The molecule has 0 heterocycles. The zero-order chi connectivity index (χ0) is 22.3. The molecule has 0 fully saturated rings. The number of Topliss-reactive ketones (excluding diaryl/α,β-unsaturated/α-hetero) is 1. The van der Waals surface area contributed by atoms with E-state index in [1.54, 1.807) is 19.1 Å². The van der Waals surface area contributed by atoms with Crippen molar-refractivity contribution >= 4 is 11.7 Å². The van der Waals surface area contributed by atoms with Crippen LogP contribution in [0.5, 0.6) is 5.75 Å². The monoisotopic (exact) mass is 411 g/mol. The van der Waals surface area contributed by atoms with Gasteiger partial charge in [-0.3, -0.25) is 9.59 Å². The number of aromatic hydroxyl groups is 1. The van der Waals surface area contributed by atoms with Gasteiger partial charge in [0.2, 0.25) is 5.91 Å². The third kappa shape index (κ3) is 6.97. The number of hydrogen-bond acceptors (Lipinski definition) is 5. The fraction of sp³-hybridized carbons (Fsp3) is 0.417. The minimum absolute atomic E-state index is 0.0805. The molecule has 6 heteroatoms. The predicted molar refractivity (Wildman–Crippen MR) is 119 cm³/mol. The topological polar surface area (TPSA) is 118 Å². The fourth-order valence-electron chi connectivity index (χ4n) is 3.57. The molecule has 0 radical (unpaired) electrons. The highest BCUT2D eigenvalue weighted by atomic mass is 16.3. The number of carbonyl (C=O) groups is 2. The summed E-state index contributed by atoms with van der Waals surface area (Å²) in [4.78, 5) is 24.9. The van der Waals surface area contributed by atoms with Crippen molar-refractivity contribution in [2.75, 3.05) is 6.54 Å². The van der Waals surface area contributed by atoms with Crippen LogP contribution < -0.4 is 16.8 Å². The van der Waals surface area contributed by atoms with E-state index >= 15 is 0 Å². The molecule has 0 saturated heterocycles. The van der Waals surface area contributed by atoms with Crippen molar-refractivity contribution in [2.45, 2.75) is 52.1 Å². The first-order valence-electron chi connectivity index (χ1n) is 10.3. The Labute approximate surface area is 178 Å². The predicted octanol–water partition coefficient (Wildman–Crippen LogP) is 2.16. The average Bonchev–Trinajstić information content (AvgIpc) is 2.69. The van der Waals surface area contributed by atoms with Gasteiger partial charge in [0, 0.05) is 24.9 Å². The lowest BCUT2D eigenvalue weighted by atomic mass is 9.91. The van der Waals surface area contributed by atoms with Gasteiger partial charge in [-0.2, -0.15) is 0 Å². The number of ketones is 1. The number of aryl methyl sites for hydroxylation is 2. The Morgan fingerprint density at radius 2 is 1.63 bits per heavy atom. The molecule has 0 spiro atoms. The Balaban J connectivity index is 1.82. The van der Waals surface area contributed by atoms with Crippen LogP contribution in [0, 0.1) is 19.8 Å². The minimum Gasteiger partial charge on any atom is -0.508 e. The molecule has 30 heavy (non-hydrogen) atoms. The summed E-state index contributed by atoms with van der Waals surface area (Å²) >= 11 is 0. The third-order valence-corrected chi connectivity index (χ3v) is 5.35. The number of nitrogens with two attached hydrogens (primary N) is 2. The molecule has 2 aromatic carbocycles. The van der Waals surface area contributed by atoms with Crippen molar-refractivity contribution in [3.05, 3.63) is 64.7 Å². The number of hydrogen-bond donors (Lipinski definition) is 4. The molecule has 6 N–H and O–H groups in total. The van der Waals surface area contributed by atoms with E-state index < -0.39 is 12.0 Å². The Morgan fingerprint density at radius 1 is 1.03 bits per heavy atom. The smallest absolute Gasteiger partial charge is 0.223 e. The van der Waals surface area contributed by atoms with E-state index in [0.29, 0.717) is 19.4 Å². The summed E-state index contributed by atoms with van der Waals surface area (Å²) in [7, 11) is 0. The molecule has 2 rings (SSSR count). The van der Waals surface area contributed by atoms with Crippen LogP contribution in [0.4, 0.5) is 0 Å². The highest BCUT2D eigenvalue weighted by Gasteiger charge is 2.23. The summed E-state index contributed by atoms with van der Waals surface area (Å²) in [5.74, 6) is -0.631. The number of rotatable bonds is 10. The fourth-order valence-corrected chi connectivity index (χ4v) is 3.57. The molecular formula is C24H33N3O3. The van der Waals surface area contributed by atoms with Gasteiger partial charge in [-0.15, -0.1) is 0 Å². The van der Waals surface area contributed by atoms with Crippen LogP contribution in [0.15, 0.2) is 42.5 Å². The van der Waals surface area contributed by atoms with Crippen LogP contribution in [0.1, 0.15) is 35.6 Å². The third-order valence-electron chi connectivity index (χ3n) is 5.35. The van der Waals surface area contributed by atoms with Gasteiger partial charge < -0.3 is 21.9 Å². The average molecular weight is 412 g/mol. The van der Waals surface area contributed by atoms with E-state index in [4.69, 9.17) is 11.5 Å². The van der Waals surface area contributed by atoms with E-state index in [9.17, 15) is 14.7 Å². The molecular weight excluding hydrogens is 378 g/mol. The second-order valence-electron chi connectivity index (χ2n) is 8.14. The SMILES string of the molecule is Cc1cc(O)cc(C)c1C[C@H](N)C(=O)CC(C)C(=O)NCC(N)Cc1ccccc1. The van der Waals surface area contributed by atoms with Gasteiger partial charge >= 0.3 is 0 Å². The maximum Gasteiger partial charge on any atom is 0.223 e. The second-order valence-corrected chi connectivity index (χ2v) is 8.14. The van der Waals surface area contributed by atoms with E-state index in [-0.39, 0.29) is 29.9 Å². The lowest BCUT2D eigenvalue weighted by Crippen LogP contribution is -2.42. The van der Waals surface area contributed by atoms with Crippen molar-refractivity contribution in [3.63, 3.8) is 0 Å². The van der Waals surface area contributed by atoms with Crippen LogP contribution >= 0.6 is 0 Å². The maximum absolute atomic E-state index is 12.6. The van der Waals surface area contributed by atoms with Crippen LogP contribution in [-0.2, 0) is 22.4 Å². The summed E-state index contributed by atoms with van der Waals surface area (Å²) in [6.07, 6.45) is 1.13. The van der Waals surface area contributed by atoms with Crippen molar-refractivity contribution in [3.8, 4) is 5.75 Å². The summed E-state index contributed by atoms with van der Waals surface area (Å²) in [6.45, 7) is 5.84. The number of nitrogens with one attached hydrogen (secondary N) is 1. The van der Waals surface area contributed by atoms with Crippen molar-refractivity contribution in [1.82, 2.24) is 5.32 Å². The molecule has 0 aromatic heterocycles. The van der Waals surface area contributed by atoms with Crippen LogP contribution in [0.3, 0.4) is 0 Å². The Kier molecular flexibility index (Phi) is 8.57. The quantitative estimate of drug-likeness (QED) is 0.478. The number of phenolic OH excluding ortho intramolecular Hbond substituents is 1. The highest BCUT2D eigenvalue weighted by Crippen LogP contribution is 2.22. The number of amides is 1. The summed E-state index contributed by atoms with van der Waals surface area (Å²) in [5, 5.41) is 12.5. The normalized spacial score (nSPS) is 14.0. The largest absolute Gasteiger partial charge is 0.508 e. The molecule has 3 atom stereocenters. The molecule has 2 unspecified atom stereocenters. The van der Waals surface area contributed by atoms with E-state index in [0.717, 1.165) is 22.3 Å². The van der Waals surface area contributed by atoms with Gasteiger partial charge in [0.25, 0.3) is 0 Å². The molecule has 162 valence electrons. The summed E-state index contributed by atoms with van der Waals surface area (Å²) in [6, 6.07) is 12.3. The molecule has 1 amide bonds. The van der Waals surface area contributed by atoms with Gasteiger partial charge in [0.1, 0.15) is 5.75 Å². The van der Waals surface area contributed by atoms with Crippen molar-refractivity contribution in [1.29, 1.82) is 0 Å². The van der Waals surface area contributed by atoms with Gasteiger partial charge in [0.05, 0.1) is 6.04 Å². The van der Waals surface area contributed by atoms with Crippen LogP contribution in [0.25, 0.3) is 0 Å². The number of benzene rings is 2. The van der Waals surface area contributed by atoms with Crippen LogP contribution in [-0.4, -0.2) is 35.4 Å². The standard InChI is InChI=1S/C24H33N3O3/c1-15-9-20(28)10-16(2)21(15)13-22(26)23(29)11-17(3)24(30)27-14-19(25)12-18-7-5-4-6-8-18/h4-10,17,19,22,28H,11-14,25-26H2,1-3H3,(H,27,30)/t17?,19?,22-/m0/s1. The van der Waals surface area contributed by atoms with Gasteiger partial charge in [-0.25, -0.2) is 0 Å². The first kappa shape index (κ1) is 23.6. The Morgan fingerprint density at radius 3 is 2.23 bits per heavy atom. The zero-order valence-electron chi connectivity index (χ0n) is 18.0. The molecule has 0 saturated carbocycles. The first-order valence-corrected chi connectivity index (χ1v) is 10.3. The van der Waals surface area contributed by atoms with Crippen LogP contribution in [0.2, 0.25) is 0 Å². The molecule has 6 nitrogen and oxygen atoms in total.